The molecule has 1 saturated heterocycles. The third kappa shape index (κ3) is 3.66. The van der Waals surface area contributed by atoms with E-state index in [1.54, 1.807) is 6.20 Å². The molecule has 1 aliphatic rings. The number of hydrogen-bond acceptors (Lipinski definition) is 3. The second kappa shape index (κ2) is 5.80. The molecule has 0 aliphatic carbocycles. The van der Waals surface area contributed by atoms with Crippen molar-refractivity contribution >= 4 is 11.6 Å². The van der Waals surface area contributed by atoms with Crippen molar-refractivity contribution in [1.29, 1.82) is 0 Å². The van der Waals surface area contributed by atoms with Gasteiger partial charge in [0.1, 0.15) is 0 Å². The first kappa shape index (κ1) is 12.8. The number of pyridine rings is 1. The fraction of sp³-hybridized carbons (Fsp3) is 0.615. The second-order valence-electron chi connectivity index (χ2n) is 4.94. The lowest BCUT2D eigenvalue weighted by Gasteiger charge is -2.25. The lowest BCUT2D eigenvalue weighted by atomic mass is 10.2. The maximum absolute atomic E-state index is 5.96. The maximum Gasteiger partial charge on any atom is 0.0558 e. The van der Waals surface area contributed by atoms with Crippen LogP contribution in [0.25, 0.3) is 0 Å². The summed E-state index contributed by atoms with van der Waals surface area (Å²) in [6.45, 7) is 3.20. The topological polar surface area (TPSA) is 19.4 Å². The van der Waals surface area contributed by atoms with E-state index in [4.69, 9.17) is 11.6 Å². The molecule has 4 heteroatoms. The van der Waals surface area contributed by atoms with Crippen molar-refractivity contribution in [2.75, 3.05) is 27.2 Å². The third-order valence-electron chi connectivity index (χ3n) is 3.40. The molecule has 3 nitrogen and oxygen atoms in total. The number of hydrogen-bond donors (Lipinski definition) is 0. The van der Waals surface area contributed by atoms with Crippen molar-refractivity contribution in [2.24, 2.45) is 0 Å². The summed E-state index contributed by atoms with van der Waals surface area (Å²) < 4.78 is 0. The van der Waals surface area contributed by atoms with Gasteiger partial charge in [0.25, 0.3) is 0 Å². The van der Waals surface area contributed by atoms with E-state index in [-0.39, 0.29) is 0 Å². The zero-order chi connectivity index (χ0) is 12.3. The molecule has 0 saturated carbocycles. The molecule has 2 heterocycles. The Bertz CT molecular complexity index is 369. The van der Waals surface area contributed by atoms with Gasteiger partial charge < -0.3 is 4.90 Å². The van der Waals surface area contributed by atoms with Crippen LogP contribution in [-0.2, 0) is 6.54 Å². The first-order valence-corrected chi connectivity index (χ1v) is 6.52. The fourth-order valence-electron chi connectivity index (χ4n) is 2.45. The normalized spacial score (nSPS) is 21.3. The Kier molecular flexibility index (Phi) is 4.37. The van der Waals surface area contributed by atoms with Crippen molar-refractivity contribution in [3.05, 3.63) is 29.0 Å². The van der Waals surface area contributed by atoms with Gasteiger partial charge in [-0.25, -0.2) is 0 Å². The molecular formula is C13H20ClN3. The van der Waals surface area contributed by atoms with Crippen LogP contribution < -0.4 is 0 Å². The monoisotopic (exact) mass is 253 g/mol. The Morgan fingerprint density at radius 2 is 2.41 bits per heavy atom. The molecule has 1 aromatic rings. The number of halogens is 1. The Hall–Kier alpha value is -0.640. The number of likely N-dealkylation sites (tertiary alicyclic amines) is 1. The van der Waals surface area contributed by atoms with Crippen molar-refractivity contribution < 1.29 is 0 Å². The second-order valence-corrected chi connectivity index (χ2v) is 5.38. The third-order valence-corrected chi connectivity index (χ3v) is 3.64. The van der Waals surface area contributed by atoms with E-state index in [2.05, 4.69) is 28.9 Å². The summed E-state index contributed by atoms with van der Waals surface area (Å²) in [5.41, 5.74) is 1.04. The van der Waals surface area contributed by atoms with Crippen LogP contribution in [0.5, 0.6) is 0 Å². The Balaban J connectivity index is 1.86. The van der Waals surface area contributed by atoms with Crippen LogP contribution in [0, 0.1) is 0 Å². The highest BCUT2D eigenvalue weighted by Crippen LogP contribution is 2.16. The van der Waals surface area contributed by atoms with Crippen molar-refractivity contribution in [2.45, 2.75) is 25.4 Å². The maximum atomic E-state index is 5.96. The number of rotatable bonds is 4. The van der Waals surface area contributed by atoms with E-state index < -0.39 is 0 Å². The Morgan fingerprint density at radius 1 is 1.59 bits per heavy atom. The summed E-state index contributed by atoms with van der Waals surface area (Å²) in [6.07, 6.45) is 4.40. The van der Waals surface area contributed by atoms with Crippen molar-refractivity contribution in [3.63, 3.8) is 0 Å². The highest BCUT2D eigenvalue weighted by atomic mass is 35.5. The van der Waals surface area contributed by atoms with Crippen molar-refractivity contribution in [1.82, 2.24) is 14.8 Å². The first-order chi connectivity index (χ1) is 8.15. The average molecular weight is 254 g/mol. The lowest BCUT2D eigenvalue weighted by molar-refractivity contribution is 0.214. The summed E-state index contributed by atoms with van der Waals surface area (Å²) in [4.78, 5) is 9.10. The van der Waals surface area contributed by atoms with Crippen LogP contribution in [0.3, 0.4) is 0 Å². The van der Waals surface area contributed by atoms with Crippen LogP contribution in [0.1, 0.15) is 18.5 Å². The molecule has 17 heavy (non-hydrogen) atoms. The molecule has 1 aromatic heterocycles. The standard InChI is InChI=1S/C13H20ClN3/c1-16(10-13-4-3-7-17(13)2)9-12-8-11(14)5-6-15-12/h5-6,8,13H,3-4,7,9-10H2,1-2H3. The largest absolute Gasteiger partial charge is 0.302 e. The van der Waals surface area contributed by atoms with Gasteiger partial charge in [-0.1, -0.05) is 11.6 Å². The molecule has 1 aliphatic heterocycles. The van der Waals surface area contributed by atoms with Crippen LogP contribution in [0.2, 0.25) is 5.02 Å². The quantitative estimate of drug-likeness (QED) is 0.821. The molecule has 0 spiro atoms. The predicted octanol–water partition coefficient (Wildman–Crippen LogP) is 2.26. The number of likely N-dealkylation sites (N-methyl/N-ethyl adjacent to an activating group) is 2. The molecule has 0 amide bonds. The van der Waals surface area contributed by atoms with E-state index >= 15 is 0 Å². The SMILES string of the molecule is CN(Cc1cc(Cl)ccn1)CC1CCCN1C. The van der Waals surface area contributed by atoms with Gasteiger partial charge in [-0.3, -0.25) is 9.88 Å². The van der Waals surface area contributed by atoms with Gasteiger partial charge >= 0.3 is 0 Å². The van der Waals surface area contributed by atoms with Crippen molar-refractivity contribution in [3.8, 4) is 0 Å². The summed E-state index contributed by atoms with van der Waals surface area (Å²) in [5.74, 6) is 0. The molecule has 1 unspecified atom stereocenters. The van der Waals surface area contributed by atoms with Gasteiger partial charge in [0.15, 0.2) is 0 Å². The molecule has 0 radical (unpaired) electrons. The smallest absolute Gasteiger partial charge is 0.0558 e. The zero-order valence-electron chi connectivity index (χ0n) is 10.6. The minimum Gasteiger partial charge on any atom is -0.302 e. The zero-order valence-corrected chi connectivity index (χ0v) is 11.3. The van der Waals surface area contributed by atoms with E-state index in [1.807, 2.05) is 12.1 Å². The lowest BCUT2D eigenvalue weighted by Crippen LogP contribution is -2.36. The van der Waals surface area contributed by atoms with Crippen LogP contribution >= 0.6 is 11.6 Å². The molecule has 0 bridgehead atoms. The van der Waals surface area contributed by atoms with E-state index in [0.717, 1.165) is 23.8 Å². The van der Waals surface area contributed by atoms with E-state index in [0.29, 0.717) is 6.04 Å². The Morgan fingerprint density at radius 3 is 3.06 bits per heavy atom. The predicted molar refractivity (Wildman–Crippen MR) is 71.2 cm³/mol. The highest BCUT2D eigenvalue weighted by Gasteiger charge is 2.21. The van der Waals surface area contributed by atoms with Gasteiger partial charge in [-0.05, 0) is 45.6 Å². The molecule has 94 valence electrons. The highest BCUT2D eigenvalue weighted by molar-refractivity contribution is 6.30. The molecular weight excluding hydrogens is 234 g/mol. The number of nitrogens with zero attached hydrogens (tertiary/aromatic N) is 3. The minimum absolute atomic E-state index is 0.694. The van der Waals surface area contributed by atoms with Gasteiger partial charge in [0, 0.05) is 30.4 Å². The fourth-order valence-corrected chi connectivity index (χ4v) is 2.63. The molecule has 1 fully saturated rings. The van der Waals surface area contributed by atoms with Gasteiger partial charge in [-0.2, -0.15) is 0 Å². The summed E-state index contributed by atoms with van der Waals surface area (Å²) >= 11 is 5.96. The molecule has 2 rings (SSSR count). The minimum atomic E-state index is 0.694. The van der Waals surface area contributed by atoms with Crippen LogP contribution in [0.15, 0.2) is 18.3 Å². The summed E-state index contributed by atoms with van der Waals surface area (Å²) in [5, 5.41) is 0.765. The summed E-state index contributed by atoms with van der Waals surface area (Å²) in [6, 6.07) is 4.45. The average Bonchev–Trinajstić information content (AvgIpc) is 2.64. The number of aromatic nitrogens is 1. The molecule has 1 atom stereocenters. The van der Waals surface area contributed by atoms with E-state index in [1.165, 1.54) is 19.4 Å². The van der Waals surface area contributed by atoms with Gasteiger partial charge in [-0.15, -0.1) is 0 Å². The molecule has 0 N–H and O–H groups in total. The van der Waals surface area contributed by atoms with Gasteiger partial charge in [0.05, 0.1) is 5.69 Å². The van der Waals surface area contributed by atoms with Crippen LogP contribution in [0.4, 0.5) is 0 Å². The Labute approximate surface area is 108 Å². The molecule has 0 aromatic carbocycles. The summed E-state index contributed by atoms with van der Waals surface area (Å²) in [7, 11) is 4.36. The van der Waals surface area contributed by atoms with Gasteiger partial charge in [0.2, 0.25) is 0 Å². The van der Waals surface area contributed by atoms with E-state index in [9.17, 15) is 0 Å². The first-order valence-electron chi connectivity index (χ1n) is 6.14. The van der Waals surface area contributed by atoms with Crippen LogP contribution in [-0.4, -0.2) is 48.0 Å².